The number of furan rings is 1. The van der Waals surface area contributed by atoms with Crippen LogP contribution in [0.15, 0.2) is 126 Å². The number of hydrogen-bond donors (Lipinski definition) is 0. The highest BCUT2D eigenvalue weighted by Gasteiger charge is 2.19. The van der Waals surface area contributed by atoms with Crippen LogP contribution < -0.4 is 0 Å². The fraction of sp³-hybridized carbons (Fsp3) is 0. The van der Waals surface area contributed by atoms with Crippen molar-refractivity contribution in [1.29, 1.82) is 0 Å². The fourth-order valence-electron chi connectivity index (χ4n) is 4.73. The van der Waals surface area contributed by atoms with E-state index in [1.165, 1.54) is 0 Å². The average Bonchev–Trinajstić information content (AvgIpc) is 3.38. The lowest BCUT2D eigenvalue weighted by Gasteiger charge is -2.17. The van der Waals surface area contributed by atoms with E-state index in [4.69, 9.17) is 15.4 Å². The molecule has 7 aromatic rings. The van der Waals surface area contributed by atoms with Gasteiger partial charge in [-0.15, -0.1) is 0 Å². The summed E-state index contributed by atoms with van der Waals surface area (Å²) in [5.74, 6) is 0. The number of benzene rings is 6. The highest BCUT2D eigenvalue weighted by Crippen LogP contribution is 2.46. The Kier molecular flexibility index (Phi) is 2.58. The Balaban J connectivity index is 1.86. The van der Waals surface area contributed by atoms with E-state index in [0.29, 0.717) is 27.9 Å². The molecule has 0 aliphatic rings. The van der Waals surface area contributed by atoms with Crippen LogP contribution in [0.4, 0.5) is 0 Å². The fourth-order valence-corrected chi connectivity index (χ4v) is 4.73. The maximum Gasteiger partial charge on any atom is 0.143 e. The summed E-state index contributed by atoms with van der Waals surface area (Å²) in [6, 6.07) is 19.1. The lowest BCUT2D eigenvalue weighted by molar-refractivity contribution is 0.670. The smallest absolute Gasteiger partial charge is 0.143 e. The van der Waals surface area contributed by atoms with Gasteiger partial charge in [0, 0.05) is 21.9 Å². The molecule has 1 aromatic heterocycles. The van der Waals surface area contributed by atoms with Crippen LogP contribution in [-0.4, -0.2) is 0 Å². The third kappa shape index (κ3) is 2.66. The molecule has 7 rings (SSSR count). The van der Waals surface area contributed by atoms with Crippen molar-refractivity contribution in [1.82, 2.24) is 0 Å². The van der Waals surface area contributed by atoms with Crippen molar-refractivity contribution in [2.45, 2.75) is 0 Å². The van der Waals surface area contributed by atoms with Gasteiger partial charge in [0.25, 0.3) is 0 Å². The van der Waals surface area contributed by atoms with Gasteiger partial charge in [0.15, 0.2) is 0 Å². The molecule has 0 aliphatic heterocycles. The molecule has 33 heavy (non-hydrogen) atoms. The average molecular weight is 429 g/mol. The molecule has 0 radical (unpaired) electrons. The minimum absolute atomic E-state index is 0.167. The van der Waals surface area contributed by atoms with Crippen molar-refractivity contribution >= 4 is 43.5 Å². The van der Waals surface area contributed by atoms with Gasteiger partial charge in [-0.2, -0.15) is 0 Å². The Bertz CT molecular complexity index is 2160. The van der Waals surface area contributed by atoms with Crippen LogP contribution in [0, 0.1) is 0 Å². The lowest BCUT2D eigenvalue weighted by atomic mass is 9.85. The zero-order valence-electron chi connectivity index (χ0n) is 25.3. The minimum Gasteiger partial charge on any atom is -0.455 e. The molecule has 1 heterocycles. The van der Waals surface area contributed by atoms with Crippen LogP contribution in [0.2, 0.25) is 0 Å². The van der Waals surface area contributed by atoms with Crippen molar-refractivity contribution < 1.29 is 15.4 Å². The number of fused-ring (bicyclic) bond motifs is 5. The van der Waals surface area contributed by atoms with Gasteiger partial charge in [-0.3, -0.25) is 0 Å². The Morgan fingerprint density at radius 2 is 1.06 bits per heavy atom. The first-order chi connectivity index (χ1) is 19.7. The molecule has 0 atom stereocenters. The molecule has 0 saturated heterocycles. The third-order valence-electron chi connectivity index (χ3n) is 6.11. The van der Waals surface area contributed by atoms with Gasteiger partial charge in [-0.05, 0) is 38.7 Å². The van der Waals surface area contributed by atoms with Crippen LogP contribution in [0.3, 0.4) is 0 Å². The summed E-state index contributed by atoms with van der Waals surface area (Å²) in [5, 5.41) is 2.35. The van der Waals surface area contributed by atoms with Crippen molar-refractivity contribution in [3.63, 3.8) is 0 Å². The molecule has 0 bridgehead atoms. The number of hydrogen-bond acceptors (Lipinski definition) is 1. The number of para-hydroxylation sites is 2. The first-order valence-electron chi connectivity index (χ1n) is 14.6. The summed E-state index contributed by atoms with van der Waals surface area (Å²) >= 11 is 0. The van der Waals surface area contributed by atoms with Gasteiger partial charge in [-0.25, -0.2) is 0 Å². The Hall–Kier alpha value is -4.36. The van der Waals surface area contributed by atoms with Gasteiger partial charge < -0.3 is 4.42 Å². The highest BCUT2D eigenvalue weighted by molar-refractivity contribution is 6.24. The summed E-state index contributed by atoms with van der Waals surface area (Å²) in [5.41, 5.74) is 2.75. The third-order valence-corrected chi connectivity index (χ3v) is 6.11. The molecule has 0 N–H and O–H groups in total. The van der Waals surface area contributed by atoms with Crippen molar-refractivity contribution in [2.24, 2.45) is 0 Å². The second-order valence-electron chi connectivity index (χ2n) is 7.90. The standard InChI is InChI=1S/C32H20O/c1-2-11-21(12-3-1)30-23-14-4-6-16-25(23)31(26-17-7-5-15-24(26)30)28-19-10-18-27-22-13-8-9-20-29(22)33-32(27)28/h1-20H/i4D,5D,6D,7D,14D,15D,16D,17D. The molecule has 0 unspecified atom stereocenters. The van der Waals surface area contributed by atoms with Crippen molar-refractivity contribution in [2.75, 3.05) is 0 Å². The molecular weight excluding hydrogens is 400 g/mol. The number of rotatable bonds is 2. The quantitative estimate of drug-likeness (QED) is 0.250. The van der Waals surface area contributed by atoms with Crippen molar-refractivity contribution in [3.05, 3.63) is 121 Å². The second-order valence-corrected chi connectivity index (χ2v) is 7.90. The van der Waals surface area contributed by atoms with Crippen LogP contribution in [0.5, 0.6) is 0 Å². The monoisotopic (exact) mass is 428 g/mol. The van der Waals surface area contributed by atoms with E-state index in [2.05, 4.69) is 0 Å². The van der Waals surface area contributed by atoms with E-state index in [9.17, 15) is 0 Å². The summed E-state index contributed by atoms with van der Waals surface area (Å²) in [6.45, 7) is 0. The molecule has 0 aliphatic carbocycles. The first-order valence-corrected chi connectivity index (χ1v) is 10.6. The zero-order valence-corrected chi connectivity index (χ0v) is 17.3. The Morgan fingerprint density at radius 1 is 0.485 bits per heavy atom. The SMILES string of the molecule is [2H]c1c([2H])c([2H])c2c(-c3cccc4c3oc3ccccc34)c3c([2H])c([2H])c([2H])c([2H])c3c(-c3ccccc3)c2c1[2H]. The molecule has 0 spiro atoms. The molecule has 6 aromatic carbocycles. The maximum atomic E-state index is 9.07. The molecule has 1 heteroatoms. The van der Waals surface area contributed by atoms with E-state index < -0.39 is 24.2 Å². The van der Waals surface area contributed by atoms with Gasteiger partial charge in [0.1, 0.15) is 11.2 Å². The summed E-state index contributed by atoms with van der Waals surface area (Å²) < 4.78 is 76.7. The van der Waals surface area contributed by atoms with E-state index in [1.54, 1.807) is 30.3 Å². The van der Waals surface area contributed by atoms with Gasteiger partial charge in [0.05, 0.1) is 11.0 Å². The molecule has 154 valence electrons. The van der Waals surface area contributed by atoms with E-state index in [-0.39, 0.29) is 51.3 Å². The summed E-state index contributed by atoms with van der Waals surface area (Å²) in [4.78, 5) is 0. The van der Waals surface area contributed by atoms with Crippen LogP contribution in [0.1, 0.15) is 11.0 Å². The topological polar surface area (TPSA) is 13.1 Å². The first kappa shape index (κ1) is 12.0. The second kappa shape index (κ2) is 7.08. The molecule has 0 saturated carbocycles. The Morgan fingerprint density at radius 3 is 1.76 bits per heavy atom. The predicted octanol–water partition coefficient (Wildman–Crippen LogP) is 9.23. The summed E-state index contributed by atoms with van der Waals surface area (Å²) in [7, 11) is 0. The van der Waals surface area contributed by atoms with Gasteiger partial charge in [-0.1, -0.05) is 115 Å². The lowest BCUT2D eigenvalue weighted by Crippen LogP contribution is -1.90. The van der Waals surface area contributed by atoms with Gasteiger partial charge in [0.2, 0.25) is 0 Å². The van der Waals surface area contributed by atoms with E-state index in [1.807, 2.05) is 42.5 Å². The molecular formula is C32H20O. The minimum atomic E-state index is -0.431. The summed E-state index contributed by atoms with van der Waals surface area (Å²) in [6.07, 6.45) is 0. The highest BCUT2D eigenvalue weighted by atomic mass is 16.3. The zero-order chi connectivity index (χ0) is 28.7. The maximum absolute atomic E-state index is 9.07. The van der Waals surface area contributed by atoms with Crippen LogP contribution in [-0.2, 0) is 0 Å². The van der Waals surface area contributed by atoms with Gasteiger partial charge >= 0.3 is 0 Å². The van der Waals surface area contributed by atoms with E-state index >= 15 is 0 Å². The predicted molar refractivity (Wildman–Crippen MR) is 140 cm³/mol. The van der Waals surface area contributed by atoms with Crippen LogP contribution >= 0.6 is 0 Å². The molecule has 0 amide bonds. The molecule has 1 nitrogen and oxygen atoms in total. The largest absolute Gasteiger partial charge is 0.455 e. The van der Waals surface area contributed by atoms with Crippen LogP contribution in [0.25, 0.3) is 65.7 Å². The molecule has 0 fully saturated rings. The van der Waals surface area contributed by atoms with Crippen molar-refractivity contribution in [3.8, 4) is 22.3 Å². The normalized spacial score (nSPS) is 15.0. The van der Waals surface area contributed by atoms with E-state index in [0.717, 1.165) is 10.8 Å². The Labute approximate surface area is 202 Å².